The van der Waals surface area contributed by atoms with E-state index in [2.05, 4.69) is 13.0 Å². The molecule has 31 heavy (non-hydrogen) atoms. The highest BCUT2D eigenvalue weighted by Gasteiger charge is 2.39. The smallest absolute Gasteiger partial charge is 0.344 e. The van der Waals surface area contributed by atoms with Crippen molar-refractivity contribution >= 4 is 5.97 Å². The van der Waals surface area contributed by atoms with Gasteiger partial charge in [-0.2, -0.15) is 0 Å². The molecule has 1 aromatic rings. The molecule has 0 saturated heterocycles. The molecule has 1 aromatic carbocycles. The van der Waals surface area contributed by atoms with Gasteiger partial charge in [0.2, 0.25) is 0 Å². The molecule has 4 unspecified atom stereocenters. The summed E-state index contributed by atoms with van der Waals surface area (Å²) in [6, 6.07) is 6.22. The fourth-order valence-corrected chi connectivity index (χ4v) is 5.47. The number of hydrogen-bond acceptors (Lipinski definition) is 5. The van der Waals surface area contributed by atoms with E-state index in [-0.39, 0.29) is 25.3 Å². The quantitative estimate of drug-likeness (QED) is 0.361. The number of esters is 1. The fraction of sp³-hybridized carbons (Fsp3) is 0.731. The molecular weight excluding hydrogens is 392 g/mol. The summed E-state index contributed by atoms with van der Waals surface area (Å²) in [5.74, 6) is 2.59. The molecule has 0 bridgehead atoms. The summed E-state index contributed by atoms with van der Waals surface area (Å²) in [7, 11) is 1.58. The first kappa shape index (κ1) is 24.1. The van der Waals surface area contributed by atoms with Gasteiger partial charge in [-0.05, 0) is 79.9 Å². The van der Waals surface area contributed by atoms with Gasteiger partial charge >= 0.3 is 5.97 Å². The van der Waals surface area contributed by atoms with Crippen molar-refractivity contribution in [1.82, 2.24) is 0 Å². The van der Waals surface area contributed by atoms with E-state index in [0.29, 0.717) is 18.4 Å². The third kappa shape index (κ3) is 6.95. The van der Waals surface area contributed by atoms with E-state index in [1.807, 2.05) is 12.1 Å². The summed E-state index contributed by atoms with van der Waals surface area (Å²) in [4.78, 5) is 11.9. The minimum Gasteiger partial charge on any atom is -0.482 e. The van der Waals surface area contributed by atoms with Gasteiger partial charge in [0.25, 0.3) is 0 Å². The van der Waals surface area contributed by atoms with Gasteiger partial charge in [-0.3, -0.25) is 0 Å². The van der Waals surface area contributed by atoms with Gasteiger partial charge < -0.3 is 19.3 Å². The predicted molar refractivity (Wildman–Crippen MR) is 121 cm³/mol. The summed E-state index contributed by atoms with van der Waals surface area (Å²) in [5.41, 5.74) is 2.63. The number of carbonyl (C=O) groups is 1. The zero-order chi connectivity index (χ0) is 22.1. The monoisotopic (exact) mass is 432 g/mol. The Kier molecular flexibility index (Phi) is 9.66. The minimum atomic E-state index is -0.359. The van der Waals surface area contributed by atoms with Crippen molar-refractivity contribution in [2.24, 2.45) is 17.8 Å². The summed E-state index contributed by atoms with van der Waals surface area (Å²) in [6.45, 7) is 2.79. The van der Waals surface area contributed by atoms with Crippen LogP contribution in [-0.4, -0.2) is 44.1 Å². The maximum Gasteiger partial charge on any atom is 0.344 e. The number of carbonyl (C=O) groups excluding carboxylic acids is 1. The molecule has 0 radical (unpaired) electrons. The molecule has 0 heterocycles. The van der Waals surface area contributed by atoms with Gasteiger partial charge in [0, 0.05) is 7.11 Å². The Morgan fingerprint density at radius 1 is 1.16 bits per heavy atom. The van der Waals surface area contributed by atoms with Crippen LogP contribution < -0.4 is 4.74 Å². The first-order chi connectivity index (χ1) is 15.1. The van der Waals surface area contributed by atoms with Crippen molar-refractivity contribution in [3.63, 3.8) is 0 Å². The third-order valence-corrected chi connectivity index (χ3v) is 7.18. The van der Waals surface area contributed by atoms with Crippen LogP contribution in [0, 0.1) is 17.8 Å². The topological polar surface area (TPSA) is 65.0 Å². The van der Waals surface area contributed by atoms with Crippen molar-refractivity contribution in [3.05, 3.63) is 29.3 Å². The summed E-state index contributed by atoms with van der Waals surface area (Å²) in [6.07, 6.45) is 11.1. The Morgan fingerprint density at radius 3 is 2.84 bits per heavy atom. The highest BCUT2D eigenvalue weighted by Crippen LogP contribution is 2.48. The van der Waals surface area contributed by atoms with E-state index in [1.54, 1.807) is 7.11 Å². The van der Waals surface area contributed by atoms with Crippen LogP contribution in [0.3, 0.4) is 0 Å². The molecule has 1 N–H and O–H groups in total. The Morgan fingerprint density at radius 2 is 2.03 bits per heavy atom. The zero-order valence-corrected chi connectivity index (χ0v) is 19.3. The zero-order valence-electron chi connectivity index (χ0n) is 19.3. The van der Waals surface area contributed by atoms with Crippen LogP contribution in [0.15, 0.2) is 18.2 Å². The molecule has 5 heteroatoms. The second kappa shape index (κ2) is 12.4. The highest BCUT2D eigenvalue weighted by atomic mass is 16.6. The van der Waals surface area contributed by atoms with Gasteiger partial charge in [-0.15, -0.1) is 0 Å². The van der Waals surface area contributed by atoms with Crippen molar-refractivity contribution in [2.75, 3.05) is 26.9 Å². The standard InChI is InChI=1S/C26H40O5/c1-3-4-5-8-22(27)13-12-19-10-11-21-17-24-20(16-23(19)21)7-6-9-25(24)31-18-26(28)30-15-14-29-2/h6-7,9,19,21-23,27H,3-5,8,10-18H2,1-2H3. The molecule has 2 aliphatic rings. The van der Waals surface area contributed by atoms with E-state index in [4.69, 9.17) is 14.2 Å². The molecule has 2 aliphatic carbocycles. The summed E-state index contributed by atoms with van der Waals surface area (Å²) in [5, 5.41) is 10.3. The lowest BCUT2D eigenvalue weighted by atomic mass is 9.73. The maximum atomic E-state index is 11.9. The van der Waals surface area contributed by atoms with Gasteiger partial charge in [-0.25, -0.2) is 4.79 Å². The molecule has 174 valence electrons. The number of ether oxygens (including phenoxy) is 3. The lowest BCUT2D eigenvalue weighted by molar-refractivity contribution is -0.147. The van der Waals surface area contributed by atoms with Gasteiger partial charge in [0.1, 0.15) is 12.4 Å². The Hall–Kier alpha value is -1.59. The average molecular weight is 433 g/mol. The van der Waals surface area contributed by atoms with E-state index in [9.17, 15) is 9.90 Å². The lowest BCUT2D eigenvalue weighted by Crippen LogP contribution is -2.26. The van der Waals surface area contributed by atoms with Crippen LogP contribution in [0.2, 0.25) is 0 Å². The molecule has 1 fully saturated rings. The van der Waals surface area contributed by atoms with Crippen molar-refractivity contribution in [2.45, 2.75) is 77.2 Å². The first-order valence-electron chi connectivity index (χ1n) is 12.2. The second-order valence-electron chi connectivity index (χ2n) is 9.29. The average Bonchev–Trinajstić information content (AvgIpc) is 3.17. The molecule has 0 aromatic heterocycles. The largest absolute Gasteiger partial charge is 0.482 e. The summed E-state index contributed by atoms with van der Waals surface area (Å²) < 4.78 is 15.8. The van der Waals surface area contributed by atoms with Gasteiger partial charge in [-0.1, -0.05) is 38.3 Å². The predicted octanol–water partition coefficient (Wildman–Crippen LogP) is 4.72. The Bertz CT molecular complexity index is 688. The van der Waals surface area contributed by atoms with Crippen LogP contribution in [0.4, 0.5) is 0 Å². The molecule has 5 nitrogen and oxygen atoms in total. The van der Waals surface area contributed by atoms with Gasteiger partial charge in [0.05, 0.1) is 12.7 Å². The van der Waals surface area contributed by atoms with E-state index in [0.717, 1.165) is 50.2 Å². The molecule has 0 amide bonds. The number of unbranched alkanes of at least 4 members (excludes halogenated alkanes) is 2. The van der Waals surface area contributed by atoms with E-state index < -0.39 is 0 Å². The Balaban J connectivity index is 1.52. The Labute approximate surface area is 187 Å². The number of aliphatic hydroxyl groups excluding tert-OH is 1. The number of fused-ring (bicyclic) bond motifs is 2. The van der Waals surface area contributed by atoms with Gasteiger partial charge in [0.15, 0.2) is 6.61 Å². The third-order valence-electron chi connectivity index (χ3n) is 7.18. The van der Waals surface area contributed by atoms with Crippen LogP contribution in [-0.2, 0) is 27.1 Å². The van der Waals surface area contributed by atoms with Crippen LogP contribution in [0.25, 0.3) is 0 Å². The molecule has 4 atom stereocenters. The number of benzene rings is 1. The SMILES string of the molecule is CCCCCC(O)CCC1CCC2Cc3c(cccc3OCC(=O)OCCOC)CC12. The van der Waals surface area contributed by atoms with E-state index in [1.165, 1.54) is 36.8 Å². The molecule has 1 saturated carbocycles. The lowest BCUT2D eigenvalue weighted by Gasteiger charge is -2.32. The fourth-order valence-electron chi connectivity index (χ4n) is 5.47. The van der Waals surface area contributed by atoms with Crippen molar-refractivity contribution < 1.29 is 24.1 Å². The highest BCUT2D eigenvalue weighted by molar-refractivity contribution is 5.71. The molecular formula is C26H40O5. The van der Waals surface area contributed by atoms with Crippen LogP contribution >= 0.6 is 0 Å². The number of aliphatic hydroxyl groups is 1. The molecule has 3 rings (SSSR count). The number of hydrogen-bond donors (Lipinski definition) is 1. The number of methoxy groups -OCH3 is 1. The van der Waals surface area contributed by atoms with Crippen molar-refractivity contribution in [3.8, 4) is 5.75 Å². The van der Waals surface area contributed by atoms with Crippen LogP contribution in [0.1, 0.15) is 69.4 Å². The minimum absolute atomic E-state index is 0.0627. The molecule has 0 spiro atoms. The normalized spacial score (nSPS) is 23.1. The maximum absolute atomic E-state index is 11.9. The summed E-state index contributed by atoms with van der Waals surface area (Å²) >= 11 is 0. The van der Waals surface area contributed by atoms with Crippen LogP contribution in [0.5, 0.6) is 5.75 Å². The second-order valence-corrected chi connectivity index (χ2v) is 9.29. The number of rotatable bonds is 13. The molecule has 0 aliphatic heterocycles. The van der Waals surface area contributed by atoms with Crippen molar-refractivity contribution in [1.29, 1.82) is 0 Å². The first-order valence-corrected chi connectivity index (χ1v) is 12.2. The van der Waals surface area contributed by atoms with E-state index >= 15 is 0 Å².